The van der Waals surface area contributed by atoms with E-state index in [9.17, 15) is 4.79 Å². The summed E-state index contributed by atoms with van der Waals surface area (Å²) < 4.78 is 0. The van der Waals surface area contributed by atoms with Crippen molar-refractivity contribution in [2.75, 3.05) is 0 Å². The van der Waals surface area contributed by atoms with Crippen LogP contribution in [0.3, 0.4) is 0 Å². The molecule has 2 rings (SSSR count). The molecule has 1 nitrogen and oxygen atoms in total. The SMILES string of the molecule is CC(=O)[C@H]1C[C@@H]1c1ccc(C)cc1. The van der Waals surface area contributed by atoms with Gasteiger partial charge in [0.25, 0.3) is 0 Å². The normalized spacial score (nSPS) is 25.7. The molecule has 13 heavy (non-hydrogen) atoms. The predicted molar refractivity (Wildman–Crippen MR) is 52.7 cm³/mol. The Bertz CT molecular complexity index is 323. The van der Waals surface area contributed by atoms with E-state index in [1.807, 2.05) is 0 Å². The zero-order valence-electron chi connectivity index (χ0n) is 8.08. The van der Waals surface area contributed by atoms with Gasteiger partial charge in [0.2, 0.25) is 0 Å². The highest BCUT2D eigenvalue weighted by molar-refractivity contribution is 5.82. The Labute approximate surface area is 78.8 Å². The second kappa shape index (κ2) is 2.99. The molecule has 0 bridgehead atoms. The summed E-state index contributed by atoms with van der Waals surface area (Å²) in [5.41, 5.74) is 2.61. The highest BCUT2D eigenvalue weighted by Gasteiger charge is 2.41. The van der Waals surface area contributed by atoms with Crippen LogP contribution in [-0.4, -0.2) is 5.78 Å². The number of carbonyl (C=O) groups is 1. The molecule has 68 valence electrons. The van der Waals surface area contributed by atoms with Crippen molar-refractivity contribution in [1.29, 1.82) is 0 Å². The average molecular weight is 174 g/mol. The molecule has 0 radical (unpaired) electrons. The second-order valence-electron chi connectivity index (χ2n) is 3.97. The maximum atomic E-state index is 11.1. The van der Waals surface area contributed by atoms with Crippen molar-refractivity contribution in [3.63, 3.8) is 0 Å². The number of hydrogen-bond donors (Lipinski definition) is 0. The Balaban J connectivity index is 2.12. The molecule has 1 aliphatic carbocycles. The number of hydrogen-bond acceptors (Lipinski definition) is 1. The van der Waals surface area contributed by atoms with Crippen molar-refractivity contribution < 1.29 is 4.79 Å². The minimum atomic E-state index is 0.308. The topological polar surface area (TPSA) is 17.1 Å². The lowest BCUT2D eigenvalue weighted by Crippen LogP contribution is -1.94. The molecule has 0 aromatic heterocycles. The quantitative estimate of drug-likeness (QED) is 0.673. The highest BCUT2D eigenvalue weighted by Crippen LogP contribution is 2.47. The summed E-state index contributed by atoms with van der Waals surface area (Å²) in [6, 6.07) is 8.52. The first-order valence-electron chi connectivity index (χ1n) is 4.75. The van der Waals surface area contributed by atoms with Crippen LogP contribution in [-0.2, 0) is 4.79 Å². The lowest BCUT2D eigenvalue weighted by atomic mass is 10.1. The molecule has 1 aromatic rings. The Morgan fingerprint density at radius 3 is 2.38 bits per heavy atom. The van der Waals surface area contributed by atoms with E-state index >= 15 is 0 Å². The average Bonchev–Trinajstić information content (AvgIpc) is 2.85. The Kier molecular flexibility index (Phi) is 1.95. The van der Waals surface area contributed by atoms with Crippen LogP contribution in [0, 0.1) is 12.8 Å². The molecule has 1 saturated carbocycles. The van der Waals surface area contributed by atoms with Crippen LogP contribution in [0.25, 0.3) is 0 Å². The van der Waals surface area contributed by atoms with Crippen LogP contribution in [0.1, 0.15) is 30.4 Å². The molecule has 1 fully saturated rings. The first-order chi connectivity index (χ1) is 6.18. The lowest BCUT2D eigenvalue weighted by Gasteiger charge is -1.98. The molecular formula is C12H14O. The standard InChI is InChI=1S/C12H14O/c1-8-3-5-10(6-4-8)12-7-11(12)9(2)13/h3-6,11-12H,7H2,1-2H3/t11-,12-/m1/s1. The molecule has 0 unspecified atom stereocenters. The lowest BCUT2D eigenvalue weighted by molar-refractivity contribution is -0.118. The van der Waals surface area contributed by atoms with Gasteiger partial charge in [0.15, 0.2) is 0 Å². The van der Waals surface area contributed by atoms with Crippen LogP contribution in [0.15, 0.2) is 24.3 Å². The van der Waals surface area contributed by atoms with E-state index in [2.05, 4.69) is 31.2 Å². The van der Waals surface area contributed by atoms with Crippen molar-refractivity contribution in [2.45, 2.75) is 26.2 Å². The van der Waals surface area contributed by atoms with Gasteiger partial charge >= 0.3 is 0 Å². The van der Waals surface area contributed by atoms with E-state index in [0.717, 1.165) is 6.42 Å². The molecule has 1 heteroatoms. The monoisotopic (exact) mass is 174 g/mol. The summed E-state index contributed by atoms with van der Waals surface area (Å²) in [6.45, 7) is 3.78. The summed E-state index contributed by atoms with van der Waals surface area (Å²) >= 11 is 0. The number of ketones is 1. The largest absolute Gasteiger partial charge is 0.300 e. The molecule has 0 N–H and O–H groups in total. The van der Waals surface area contributed by atoms with Crippen molar-refractivity contribution in [1.82, 2.24) is 0 Å². The van der Waals surface area contributed by atoms with E-state index in [0.29, 0.717) is 17.6 Å². The van der Waals surface area contributed by atoms with Crippen molar-refractivity contribution in [2.24, 2.45) is 5.92 Å². The van der Waals surface area contributed by atoms with Gasteiger partial charge in [0.1, 0.15) is 5.78 Å². The first-order valence-corrected chi connectivity index (χ1v) is 4.75. The van der Waals surface area contributed by atoms with Gasteiger partial charge in [0, 0.05) is 5.92 Å². The van der Waals surface area contributed by atoms with Crippen molar-refractivity contribution >= 4 is 5.78 Å². The van der Waals surface area contributed by atoms with Gasteiger partial charge in [-0.1, -0.05) is 29.8 Å². The Morgan fingerprint density at radius 2 is 1.92 bits per heavy atom. The molecule has 0 spiro atoms. The number of rotatable bonds is 2. The summed E-state index contributed by atoms with van der Waals surface area (Å²) in [7, 11) is 0. The van der Waals surface area contributed by atoms with E-state index in [1.54, 1.807) is 6.92 Å². The zero-order valence-corrected chi connectivity index (χ0v) is 8.08. The third kappa shape index (κ3) is 1.64. The molecule has 2 atom stereocenters. The second-order valence-corrected chi connectivity index (χ2v) is 3.97. The van der Waals surface area contributed by atoms with E-state index in [1.165, 1.54) is 11.1 Å². The van der Waals surface area contributed by atoms with E-state index < -0.39 is 0 Å². The Morgan fingerprint density at radius 1 is 1.31 bits per heavy atom. The number of aryl methyl sites for hydroxylation is 1. The van der Waals surface area contributed by atoms with E-state index in [-0.39, 0.29) is 0 Å². The molecule has 0 saturated heterocycles. The van der Waals surface area contributed by atoms with Gasteiger partial charge in [-0.15, -0.1) is 0 Å². The first kappa shape index (κ1) is 8.49. The van der Waals surface area contributed by atoms with Crippen LogP contribution in [0.4, 0.5) is 0 Å². The van der Waals surface area contributed by atoms with Gasteiger partial charge in [-0.2, -0.15) is 0 Å². The third-order valence-corrected chi connectivity index (χ3v) is 2.82. The van der Waals surface area contributed by atoms with Crippen LogP contribution >= 0.6 is 0 Å². The fourth-order valence-electron chi connectivity index (χ4n) is 1.83. The third-order valence-electron chi connectivity index (χ3n) is 2.82. The van der Waals surface area contributed by atoms with Crippen LogP contribution in [0.2, 0.25) is 0 Å². The smallest absolute Gasteiger partial charge is 0.133 e. The highest BCUT2D eigenvalue weighted by atomic mass is 16.1. The molecule has 0 aliphatic heterocycles. The number of benzene rings is 1. The van der Waals surface area contributed by atoms with Crippen LogP contribution < -0.4 is 0 Å². The molecule has 1 aromatic carbocycles. The van der Waals surface area contributed by atoms with Crippen LogP contribution in [0.5, 0.6) is 0 Å². The molecule has 0 amide bonds. The molecule has 1 aliphatic rings. The summed E-state index contributed by atoms with van der Waals surface area (Å²) in [5, 5.41) is 0. The number of carbonyl (C=O) groups excluding carboxylic acids is 1. The maximum absolute atomic E-state index is 11.1. The summed E-state index contributed by atoms with van der Waals surface area (Å²) in [4.78, 5) is 11.1. The van der Waals surface area contributed by atoms with Crippen molar-refractivity contribution in [3.8, 4) is 0 Å². The fraction of sp³-hybridized carbons (Fsp3) is 0.417. The summed E-state index contributed by atoms with van der Waals surface area (Å²) in [5.74, 6) is 1.16. The predicted octanol–water partition coefficient (Wildman–Crippen LogP) is 2.69. The van der Waals surface area contributed by atoms with Gasteiger partial charge < -0.3 is 0 Å². The minimum Gasteiger partial charge on any atom is -0.300 e. The fourth-order valence-corrected chi connectivity index (χ4v) is 1.83. The van der Waals surface area contributed by atoms with E-state index in [4.69, 9.17) is 0 Å². The molecule has 0 heterocycles. The zero-order chi connectivity index (χ0) is 9.42. The maximum Gasteiger partial charge on any atom is 0.133 e. The number of Topliss-reactive ketones (excluding diaryl/α,β-unsaturated/α-hetero) is 1. The van der Waals surface area contributed by atoms with Gasteiger partial charge in [-0.3, -0.25) is 4.79 Å². The van der Waals surface area contributed by atoms with Gasteiger partial charge in [-0.05, 0) is 31.7 Å². The van der Waals surface area contributed by atoms with Gasteiger partial charge in [-0.25, -0.2) is 0 Å². The summed E-state index contributed by atoms with van der Waals surface area (Å²) in [6.07, 6.45) is 1.05. The Hall–Kier alpha value is -1.11. The van der Waals surface area contributed by atoms with Gasteiger partial charge in [0.05, 0.1) is 0 Å². The minimum absolute atomic E-state index is 0.308. The molecular weight excluding hydrogens is 160 g/mol. The van der Waals surface area contributed by atoms with Crippen molar-refractivity contribution in [3.05, 3.63) is 35.4 Å².